The Morgan fingerprint density at radius 1 is 1.43 bits per heavy atom. The van der Waals surface area contributed by atoms with E-state index in [0.717, 1.165) is 18.8 Å². The van der Waals surface area contributed by atoms with Gasteiger partial charge in [0.1, 0.15) is 11.9 Å². The van der Waals surface area contributed by atoms with Gasteiger partial charge in [-0.2, -0.15) is 0 Å². The molecule has 1 N–H and O–H groups in total. The Morgan fingerprint density at radius 2 is 2.14 bits per heavy atom. The van der Waals surface area contributed by atoms with Crippen molar-refractivity contribution in [1.82, 2.24) is 19.8 Å². The van der Waals surface area contributed by atoms with E-state index in [1.807, 2.05) is 24.6 Å². The summed E-state index contributed by atoms with van der Waals surface area (Å²) in [5.74, 6) is 0.976. The molecule has 3 rings (SSSR count). The predicted octanol–water partition coefficient (Wildman–Crippen LogP) is 1.89. The van der Waals surface area contributed by atoms with Crippen LogP contribution in [0.15, 0.2) is 12.4 Å². The predicted molar refractivity (Wildman–Crippen MR) is 82.1 cm³/mol. The molecule has 116 valence electrons. The summed E-state index contributed by atoms with van der Waals surface area (Å²) in [4.78, 5) is 19.1. The number of carbonyl (C=O) groups is 1. The van der Waals surface area contributed by atoms with Crippen LogP contribution in [0, 0.1) is 6.92 Å². The van der Waals surface area contributed by atoms with E-state index in [1.54, 1.807) is 6.20 Å². The van der Waals surface area contributed by atoms with Crippen LogP contribution in [-0.4, -0.2) is 45.5 Å². The van der Waals surface area contributed by atoms with E-state index in [4.69, 9.17) is 0 Å². The van der Waals surface area contributed by atoms with Gasteiger partial charge in [-0.25, -0.2) is 4.98 Å². The lowest BCUT2D eigenvalue weighted by Gasteiger charge is -2.32. The van der Waals surface area contributed by atoms with Gasteiger partial charge in [-0.1, -0.05) is 0 Å². The van der Waals surface area contributed by atoms with Gasteiger partial charge in [0.25, 0.3) is 0 Å². The van der Waals surface area contributed by atoms with Crippen molar-refractivity contribution in [3.63, 3.8) is 0 Å². The molecule has 2 aliphatic rings. The fraction of sp³-hybridized carbons (Fsp3) is 0.750. The molecule has 5 nitrogen and oxygen atoms in total. The van der Waals surface area contributed by atoms with Gasteiger partial charge in [0.05, 0.1) is 0 Å². The standard InChI is InChI=1S/C16H26N4O/c1-13(20-12-9-17-14(20)2)15(21)18-8-7-16-5-3-10-19(16)11-4-6-16/h9,12-13H,3-8,10-11H2,1-2H3,(H,18,21)/t13-/m0/s1. The Balaban J connectivity index is 1.51. The molecule has 2 saturated heterocycles. The minimum atomic E-state index is -0.187. The molecule has 1 aromatic rings. The first-order valence-electron chi connectivity index (χ1n) is 8.15. The zero-order valence-corrected chi connectivity index (χ0v) is 13.1. The summed E-state index contributed by atoms with van der Waals surface area (Å²) < 4.78 is 1.92. The smallest absolute Gasteiger partial charge is 0.242 e. The molecular formula is C16H26N4O. The van der Waals surface area contributed by atoms with Crippen LogP contribution in [0.3, 0.4) is 0 Å². The van der Waals surface area contributed by atoms with Gasteiger partial charge in [-0.15, -0.1) is 0 Å². The van der Waals surface area contributed by atoms with Gasteiger partial charge in [0.2, 0.25) is 5.91 Å². The van der Waals surface area contributed by atoms with Crippen LogP contribution >= 0.6 is 0 Å². The zero-order chi connectivity index (χ0) is 14.9. The molecule has 2 aliphatic heterocycles. The summed E-state index contributed by atoms with van der Waals surface area (Å²) >= 11 is 0. The first-order chi connectivity index (χ1) is 10.1. The summed E-state index contributed by atoms with van der Waals surface area (Å²) in [7, 11) is 0. The van der Waals surface area contributed by atoms with E-state index in [9.17, 15) is 4.79 Å². The molecule has 3 heterocycles. The fourth-order valence-corrected chi connectivity index (χ4v) is 4.12. The normalized spacial score (nSPS) is 22.2. The van der Waals surface area contributed by atoms with E-state index < -0.39 is 0 Å². The number of hydrogen-bond donors (Lipinski definition) is 1. The summed E-state index contributed by atoms with van der Waals surface area (Å²) in [5.41, 5.74) is 0.390. The van der Waals surface area contributed by atoms with E-state index >= 15 is 0 Å². The van der Waals surface area contributed by atoms with Gasteiger partial charge < -0.3 is 9.88 Å². The maximum atomic E-state index is 12.3. The Kier molecular flexibility index (Phi) is 4.02. The lowest BCUT2D eigenvalue weighted by atomic mass is 9.90. The Hall–Kier alpha value is -1.36. The third kappa shape index (κ3) is 2.71. The first kappa shape index (κ1) is 14.6. The highest BCUT2D eigenvalue weighted by Gasteiger charge is 2.43. The lowest BCUT2D eigenvalue weighted by Crippen LogP contribution is -2.42. The summed E-state index contributed by atoms with van der Waals surface area (Å²) in [6.45, 7) is 7.14. The molecule has 1 aromatic heterocycles. The quantitative estimate of drug-likeness (QED) is 0.901. The number of aryl methyl sites for hydroxylation is 1. The molecule has 0 radical (unpaired) electrons. The molecule has 0 aliphatic carbocycles. The van der Waals surface area contributed by atoms with Crippen molar-refractivity contribution in [2.45, 2.75) is 57.5 Å². The highest BCUT2D eigenvalue weighted by molar-refractivity contribution is 5.79. The number of hydrogen-bond acceptors (Lipinski definition) is 3. The summed E-state index contributed by atoms with van der Waals surface area (Å²) in [5, 5.41) is 3.12. The Bertz CT molecular complexity index is 500. The molecule has 0 unspecified atom stereocenters. The van der Waals surface area contributed by atoms with Crippen molar-refractivity contribution in [3.05, 3.63) is 18.2 Å². The minimum Gasteiger partial charge on any atom is -0.354 e. The van der Waals surface area contributed by atoms with Crippen LogP contribution in [0.1, 0.15) is 50.9 Å². The number of fused-ring (bicyclic) bond motifs is 1. The van der Waals surface area contributed by atoms with Crippen molar-refractivity contribution < 1.29 is 4.79 Å². The molecular weight excluding hydrogens is 264 g/mol. The zero-order valence-electron chi connectivity index (χ0n) is 13.1. The van der Waals surface area contributed by atoms with Crippen LogP contribution in [-0.2, 0) is 4.79 Å². The van der Waals surface area contributed by atoms with Crippen LogP contribution in [0.2, 0.25) is 0 Å². The van der Waals surface area contributed by atoms with Crippen molar-refractivity contribution in [2.75, 3.05) is 19.6 Å². The van der Waals surface area contributed by atoms with Crippen molar-refractivity contribution >= 4 is 5.91 Å². The van der Waals surface area contributed by atoms with Gasteiger partial charge in [0, 0.05) is 24.5 Å². The SMILES string of the molecule is Cc1nccn1[C@@H](C)C(=O)NCCC12CCCN1CCC2. The van der Waals surface area contributed by atoms with Gasteiger partial charge in [-0.05, 0) is 59.0 Å². The lowest BCUT2D eigenvalue weighted by molar-refractivity contribution is -0.124. The summed E-state index contributed by atoms with van der Waals surface area (Å²) in [6.07, 6.45) is 9.95. The topological polar surface area (TPSA) is 50.2 Å². The van der Waals surface area contributed by atoms with E-state index in [0.29, 0.717) is 5.54 Å². The first-order valence-corrected chi connectivity index (χ1v) is 8.15. The van der Waals surface area contributed by atoms with E-state index in [-0.39, 0.29) is 11.9 Å². The molecule has 0 saturated carbocycles. The fourth-order valence-electron chi connectivity index (χ4n) is 4.12. The highest BCUT2D eigenvalue weighted by Crippen LogP contribution is 2.40. The molecule has 2 fully saturated rings. The Morgan fingerprint density at radius 3 is 2.76 bits per heavy atom. The molecule has 0 bridgehead atoms. The average Bonchev–Trinajstić information content (AvgIpc) is 3.12. The molecule has 5 heteroatoms. The van der Waals surface area contributed by atoms with Crippen molar-refractivity contribution in [2.24, 2.45) is 0 Å². The number of rotatable bonds is 5. The molecule has 0 spiro atoms. The van der Waals surface area contributed by atoms with Crippen LogP contribution in [0.4, 0.5) is 0 Å². The maximum Gasteiger partial charge on any atom is 0.242 e. The molecule has 21 heavy (non-hydrogen) atoms. The van der Waals surface area contributed by atoms with E-state index in [1.165, 1.54) is 38.8 Å². The largest absolute Gasteiger partial charge is 0.354 e. The molecule has 1 amide bonds. The second-order valence-corrected chi connectivity index (χ2v) is 6.52. The number of carbonyl (C=O) groups excluding carboxylic acids is 1. The summed E-state index contributed by atoms with van der Waals surface area (Å²) in [6, 6.07) is -0.187. The number of nitrogens with one attached hydrogen (secondary N) is 1. The number of aromatic nitrogens is 2. The van der Waals surface area contributed by atoms with Crippen molar-refractivity contribution in [1.29, 1.82) is 0 Å². The third-order valence-corrected chi connectivity index (χ3v) is 5.36. The monoisotopic (exact) mass is 290 g/mol. The minimum absolute atomic E-state index is 0.0926. The average molecular weight is 290 g/mol. The Labute approximate surface area is 126 Å². The van der Waals surface area contributed by atoms with E-state index in [2.05, 4.69) is 15.2 Å². The van der Waals surface area contributed by atoms with Crippen molar-refractivity contribution in [3.8, 4) is 0 Å². The molecule has 1 atom stereocenters. The maximum absolute atomic E-state index is 12.3. The van der Waals surface area contributed by atoms with Crippen LogP contribution in [0.25, 0.3) is 0 Å². The van der Waals surface area contributed by atoms with Crippen LogP contribution < -0.4 is 5.32 Å². The van der Waals surface area contributed by atoms with Gasteiger partial charge in [-0.3, -0.25) is 9.69 Å². The number of nitrogens with zero attached hydrogens (tertiary/aromatic N) is 3. The number of amides is 1. The second-order valence-electron chi connectivity index (χ2n) is 6.52. The third-order valence-electron chi connectivity index (χ3n) is 5.36. The highest BCUT2D eigenvalue weighted by atomic mass is 16.2. The number of imidazole rings is 1. The second kappa shape index (κ2) is 5.79. The van der Waals surface area contributed by atoms with Gasteiger partial charge >= 0.3 is 0 Å². The van der Waals surface area contributed by atoms with Crippen LogP contribution in [0.5, 0.6) is 0 Å². The molecule has 0 aromatic carbocycles. The van der Waals surface area contributed by atoms with Gasteiger partial charge in [0.15, 0.2) is 0 Å².